The van der Waals surface area contributed by atoms with Gasteiger partial charge in [0.1, 0.15) is 0 Å². The number of hydrogen-bond donors (Lipinski definition) is 1. The predicted molar refractivity (Wildman–Crippen MR) is 35.6 cm³/mol. The molecule has 0 fully saturated rings. The van der Waals surface area contributed by atoms with E-state index in [4.69, 9.17) is 15.8 Å². The van der Waals surface area contributed by atoms with Crippen LogP contribution in [0.15, 0.2) is 11.5 Å². The molecule has 0 saturated heterocycles. The first-order chi connectivity index (χ1) is 4.06. The second-order valence-electron chi connectivity index (χ2n) is 1.36. The summed E-state index contributed by atoms with van der Waals surface area (Å²) in [6.07, 6.45) is 1.61. The molecule has 3 nitrogen and oxygen atoms in total. The molecule has 0 aliphatic carbocycles. The molecule has 0 atom stereocenters. The Morgan fingerprint density at radius 1 is 1.56 bits per heavy atom. The van der Waals surface area contributed by atoms with Crippen LogP contribution in [0.4, 0.5) is 0 Å². The van der Waals surface area contributed by atoms with Crippen molar-refractivity contribution in [1.82, 2.24) is 0 Å². The maximum Gasteiger partial charge on any atom is 0.254 e. The first-order valence-corrected chi connectivity index (χ1v) is 4.65. The molecule has 0 aromatic carbocycles. The van der Waals surface area contributed by atoms with Gasteiger partial charge in [0.25, 0.3) is 9.05 Å². The summed E-state index contributed by atoms with van der Waals surface area (Å²) in [5, 5.41) is 9.03. The number of rotatable bonds is 3. The fourth-order valence-corrected chi connectivity index (χ4v) is 0.842. The lowest BCUT2D eigenvalue weighted by Gasteiger charge is -1.81. The second-order valence-corrected chi connectivity index (χ2v) is 3.87. The van der Waals surface area contributed by atoms with E-state index in [2.05, 4.69) is 0 Å². The average Bonchev–Trinajstić information content (AvgIpc) is 1.63. The molecular weight excluding hydrogens is 164 g/mol. The lowest BCUT2D eigenvalue weighted by Crippen LogP contribution is -1.81. The van der Waals surface area contributed by atoms with E-state index in [0.717, 1.165) is 5.41 Å². The van der Waals surface area contributed by atoms with Crippen molar-refractivity contribution in [3.8, 4) is 0 Å². The Balaban J connectivity index is 3.73. The molecule has 0 aliphatic rings. The van der Waals surface area contributed by atoms with Crippen LogP contribution < -0.4 is 0 Å². The van der Waals surface area contributed by atoms with E-state index in [1.165, 1.54) is 6.08 Å². The molecule has 0 spiro atoms. The number of aliphatic hydroxyl groups is 1. The summed E-state index contributed by atoms with van der Waals surface area (Å²) in [5.41, 5.74) is 0. The summed E-state index contributed by atoms with van der Waals surface area (Å²) >= 11 is 0. The van der Waals surface area contributed by atoms with Gasteiger partial charge in [0.15, 0.2) is 0 Å². The van der Waals surface area contributed by atoms with Crippen molar-refractivity contribution in [1.29, 1.82) is 0 Å². The monoisotopic (exact) mass is 170 g/mol. The van der Waals surface area contributed by atoms with Crippen LogP contribution in [0.2, 0.25) is 0 Å². The summed E-state index contributed by atoms with van der Waals surface area (Å²) in [6, 6.07) is 0. The van der Waals surface area contributed by atoms with E-state index in [1.807, 2.05) is 0 Å². The third-order valence-corrected chi connectivity index (χ3v) is 1.38. The van der Waals surface area contributed by atoms with E-state index >= 15 is 0 Å². The van der Waals surface area contributed by atoms with Gasteiger partial charge in [-0.15, -0.1) is 0 Å². The summed E-state index contributed by atoms with van der Waals surface area (Å²) in [5.74, 6) is 0. The summed E-state index contributed by atoms with van der Waals surface area (Å²) < 4.78 is 20.2. The zero-order valence-corrected chi connectivity index (χ0v) is 6.19. The van der Waals surface area contributed by atoms with Crippen molar-refractivity contribution < 1.29 is 13.5 Å². The minimum absolute atomic E-state index is 0.0666. The first-order valence-electron chi connectivity index (χ1n) is 2.28. The van der Waals surface area contributed by atoms with Crippen molar-refractivity contribution >= 4 is 19.7 Å². The zero-order chi connectivity index (χ0) is 7.33. The molecule has 0 amide bonds. The highest BCUT2D eigenvalue weighted by atomic mass is 35.7. The summed E-state index contributed by atoms with van der Waals surface area (Å²) in [6.45, 7) is -0.0666. The third kappa shape index (κ3) is 7.94. The van der Waals surface area contributed by atoms with Gasteiger partial charge in [-0.1, -0.05) is 6.08 Å². The highest BCUT2D eigenvalue weighted by Gasteiger charge is 1.93. The van der Waals surface area contributed by atoms with Crippen LogP contribution in [-0.4, -0.2) is 20.1 Å². The zero-order valence-electron chi connectivity index (χ0n) is 4.62. The highest BCUT2D eigenvalue weighted by molar-refractivity contribution is 8.16. The van der Waals surface area contributed by atoms with Gasteiger partial charge in [-0.05, 0) is 6.42 Å². The van der Waals surface area contributed by atoms with Crippen molar-refractivity contribution in [2.75, 3.05) is 6.61 Å². The van der Waals surface area contributed by atoms with Crippen LogP contribution in [0.5, 0.6) is 0 Å². The van der Waals surface area contributed by atoms with Gasteiger partial charge in [0.2, 0.25) is 0 Å². The second kappa shape index (κ2) is 3.87. The van der Waals surface area contributed by atoms with Crippen LogP contribution in [-0.2, 0) is 9.05 Å². The van der Waals surface area contributed by atoms with E-state index in [0.29, 0.717) is 6.42 Å². The van der Waals surface area contributed by atoms with Crippen LogP contribution in [0.25, 0.3) is 0 Å². The molecule has 0 unspecified atom stereocenters. The lowest BCUT2D eigenvalue weighted by atomic mass is 10.5. The van der Waals surface area contributed by atoms with Gasteiger partial charge in [-0.2, -0.15) is 0 Å². The van der Waals surface area contributed by atoms with Crippen molar-refractivity contribution in [3.05, 3.63) is 11.5 Å². The standard InChI is InChI=1S/C4H7ClO3S/c5-9(7,8)4-2-1-3-6/h2,4,6H,1,3H2/b4-2-. The molecule has 54 valence electrons. The number of aliphatic hydroxyl groups excluding tert-OH is 1. The Kier molecular flexibility index (Phi) is 3.84. The molecule has 0 saturated carbocycles. The van der Waals surface area contributed by atoms with Gasteiger partial charge in [-0.3, -0.25) is 0 Å². The molecule has 0 rings (SSSR count). The number of hydrogen-bond acceptors (Lipinski definition) is 3. The lowest BCUT2D eigenvalue weighted by molar-refractivity contribution is 0.302. The maximum atomic E-state index is 10.1. The van der Waals surface area contributed by atoms with E-state index < -0.39 is 9.05 Å². The molecule has 0 aliphatic heterocycles. The largest absolute Gasteiger partial charge is 0.396 e. The van der Waals surface area contributed by atoms with Gasteiger partial charge in [-0.25, -0.2) is 8.42 Å². The minimum atomic E-state index is -3.52. The molecule has 0 aromatic heterocycles. The first kappa shape index (κ1) is 8.94. The SMILES string of the molecule is O=S(=O)(Cl)/C=C\CCO. The molecule has 0 radical (unpaired) electrons. The van der Waals surface area contributed by atoms with Crippen LogP contribution in [0.3, 0.4) is 0 Å². The van der Waals surface area contributed by atoms with Crippen molar-refractivity contribution in [2.24, 2.45) is 0 Å². The number of halogens is 1. The van der Waals surface area contributed by atoms with E-state index in [1.54, 1.807) is 0 Å². The molecule has 9 heavy (non-hydrogen) atoms. The maximum absolute atomic E-state index is 10.1. The Morgan fingerprint density at radius 3 is 2.44 bits per heavy atom. The van der Waals surface area contributed by atoms with E-state index in [-0.39, 0.29) is 6.61 Å². The average molecular weight is 171 g/mol. The Morgan fingerprint density at radius 2 is 2.11 bits per heavy atom. The Labute approximate surface area is 58.4 Å². The summed E-state index contributed by atoms with van der Waals surface area (Å²) in [4.78, 5) is 0. The van der Waals surface area contributed by atoms with Crippen molar-refractivity contribution in [3.63, 3.8) is 0 Å². The van der Waals surface area contributed by atoms with Crippen LogP contribution >= 0.6 is 10.7 Å². The Bertz CT molecular complexity index is 182. The third-order valence-electron chi connectivity index (χ3n) is 0.555. The van der Waals surface area contributed by atoms with Gasteiger partial charge in [0, 0.05) is 22.7 Å². The van der Waals surface area contributed by atoms with Gasteiger partial charge >= 0.3 is 0 Å². The fraction of sp³-hybridized carbons (Fsp3) is 0.500. The van der Waals surface area contributed by atoms with Crippen molar-refractivity contribution in [2.45, 2.75) is 6.42 Å². The topological polar surface area (TPSA) is 54.4 Å². The molecule has 1 N–H and O–H groups in total. The highest BCUT2D eigenvalue weighted by Crippen LogP contribution is 1.97. The van der Waals surface area contributed by atoms with Gasteiger partial charge < -0.3 is 5.11 Å². The van der Waals surface area contributed by atoms with Crippen LogP contribution in [0.1, 0.15) is 6.42 Å². The molecule has 0 aromatic rings. The molecular formula is C4H7ClO3S. The molecule has 0 bridgehead atoms. The van der Waals surface area contributed by atoms with Gasteiger partial charge in [0.05, 0.1) is 0 Å². The minimum Gasteiger partial charge on any atom is -0.396 e. The Hall–Kier alpha value is -0.0600. The quantitative estimate of drug-likeness (QED) is 0.626. The molecule has 5 heteroatoms. The predicted octanol–water partition coefficient (Wildman–Crippen LogP) is 0.451. The molecule has 0 heterocycles. The smallest absolute Gasteiger partial charge is 0.254 e. The normalized spacial score (nSPS) is 12.7. The summed E-state index contributed by atoms with van der Waals surface area (Å²) in [7, 11) is 1.26. The van der Waals surface area contributed by atoms with E-state index in [9.17, 15) is 8.42 Å². The fourth-order valence-electron chi connectivity index (χ4n) is 0.258. The van der Waals surface area contributed by atoms with Crippen LogP contribution in [0, 0.1) is 0 Å².